The normalized spacial score (nSPS) is 10.3. The topological polar surface area (TPSA) is 81.7 Å². The molecule has 0 saturated heterocycles. The second kappa shape index (κ2) is 5.54. The van der Waals surface area contributed by atoms with E-state index in [9.17, 15) is 0 Å². The number of aryl methyl sites for hydroxylation is 1. The number of anilines is 1. The summed E-state index contributed by atoms with van der Waals surface area (Å²) in [7, 11) is 0. The number of aromatic nitrogens is 4. The molecule has 0 aliphatic rings. The van der Waals surface area contributed by atoms with Crippen LogP contribution in [0.1, 0.15) is 11.3 Å². The molecular weight excluding hydrogens is 248 g/mol. The Bertz CT molecular complexity index is 533. The van der Waals surface area contributed by atoms with Crippen LogP contribution >= 0.6 is 12.2 Å². The van der Waals surface area contributed by atoms with E-state index < -0.39 is 0 Å². The molecule has 0 amide bonds. The van der Waals surface area contributed by atoms with Crippen LogP contribution in [0.2, 0.25) is 0 Å². The minimum Gasteiger partial charge on any atom is -0.388 e. The summed E-state index contributed by atoms with van der Waals surface area (Å²) in [5.74, 6) is 0.693. The summed E-state index contributed by atoms with van der Waals surface area (Å²) in [4.78, 5) is 8.51. The molecule has 2 heterocycles. The molecule has 0 aromatic carbocycles. The second-order valence-corrected chi connectivity index (χ2v) is 4.30. The molecular formula is C11H14N6S. The summed E-state index contributed by atoms with van der Waals surface area (Å²) in [5, 5.41) is 7.34. The maximum Gasteiger partial charge on any atom is 0.144 e. The molecule has 0 aliphatic heterocycles. The molecule has 0 saturated carbocycles. The van der Waals surface area contributed by atoms with Crippen molar-refractivity contribution in [1.82, 2.24) is 19.7 Å². The Morgan fingerprint density at radius 3 is 2.78 bits per heavy atom. The van der Waals surface area contributed by atoms with Crippen LogP contribution in [0.5, 0.6) is 0 Å². The van der Waals surface area contributed by atoms with Gasteiger partial charge >= 0.3 is 0 Å². The van der Waals surface area contributed by atoms with E-state index in [0.717, 1.165) is 18.7 Å². The lowest BCUT2D eigenvalue weighted by Crippen LogP contribution is -2.14. The van der Waals surface area contributed by atoms with Crippen LogP contribution in [-0.2, 0) is 6.54 Å². The van der Waals surface area contributed by atoms with Crippen LogP contribution in [0, 0.1) is 6.92 Å². The summed E-state index contributed by atoms with van der Waals surface area (Å²) in [6.45, 7) is 3.51. The van der Waals surface area contributed by atoms with Crippen molar-refractivity contribution in [3.63, 3.8) is 0 Å². The van der Waals surface area contributed by atoms with Crippen LogP contribution in [0.25, 0.3) is 0 Å². The summed E-state index contributed by atoms with van der Waals surface area (Å²) >= 11 is 4.80. The molecule has 2 aromatic rings. The number of rotatable bonds is 5. The summed E-state index contributed by atoms with van der Waals surface area (Å²) < 4.78 is 1.87. The first-order chi connectivity index (χ1) is 8.65. The standard InChI is InChI=1S/C11H14N6S/c1-8-4-16-17(7-8)3-2-13-10-6-14-9(5-15-10)11(12)18/h4-7H,2-3H2,1H3,(H2,12,18)(H,13,15). The highest BCUT2D eigenvalue weighted by atomic mass is 32.1. The molecule has 0 unspecified atom stereocenters. The smallest absolute Gasteiger partial charge is 0.144 e. The molecule has 0 aliphatic carbocycles. The maximum atomic E-state index is 5.44. The van der Waals surface area contributed by atoms with Crippen molar-refractivity contribution < 1.29 is 0 Å². The van der Waals surface area contributed by atoms with Gasteiger partial charge in [-0.2, -0.15) is 5.10 Å². The van der Waals surface area contributed by atoms with Gasteiger partial charge in [-0.25, -0.2) is 9.97 Å². The third-order valence-electron chi connectivity index (χ3n) is 2.31. The maximum absolute atomic E-state index is 5.44. The van der Waals surface area contributed by atoms with E-state index in [1.54, 1.807) is 12.4 Å². The molecule has 0 fully saturated rings. The Hall–Kier alpha value is -2.02. The van der Waals surface area contributed by atoms with Crippen molar-refractivity contribution in [2.45, 2.75) is 13.5 Å². The first-order valence-corrected chi connectivity index (χ1v) is 5.91. The largest absolute Gasteiger partial charge is 0.388 e. The number of nitrogens with zero attached hydrogens (tertiary/aromatic N) is 4. The Balaban J connectivity index is 1.85. The Labute approximate surface area is 110 Å². The van der Waals surface area contributed by atoms with E-state index in [1.807, 2.05) is 24.0 Å². The van der Waals surface area contributed by atoms with Crippen molar-refractivity contribution in [1.29, 1.82) is 0 Å². The quantitative estimate of drug-likeness (QED) is 0.773. The predicted octanol–water partition coefficient (Wildman–Crippen LogP) is 0.728. The van der Waals surface area contributed by atoms with E-state index >= 15 is 0 Å². The average molecular weight is 262 g/mol. The molecule has 0 atom stereocenters. The second-order valence-electron chi connectivity index (χ2n) is 3.86. The lowest BCUT2D eigenvalue weighted by molar-refractivity contribution is 0.636. The van der Waals surface area contributed by atoms with Crippen molar-refractivity contribution in [2.75, 3.05) is 11.9 Å². The van der Waals surface area contributed by atoms with Crippen LogP contribution in [0.15, 0.2) is 24.8 Å². The highest BCUT2D eigenvalue weighted by Gasteiger charge is 1.99. The van der Waals surface area contributed by atoms with E-state index in [0.29, 0.717) is 11.5 Å². The monoisotopic (exact) mass is 262 g/mol. The minimum atomic E-state index is 0.251. The zero-order chi connectivity index (χ0) is 13.0. The molecule has 0 spiro atoms. The fourth-order valence-electron chi connectivity index (χ4n) is 1.43. The number of nitrogens with two attached hydrogens (primary N) is 1. The zero-order valence-electron chi connectivity index (χ0n) is 10.00. The number of nitrogens with one attached hydrogen (secondary N) is 1. The number of hydrogen-bond acceptors (Lipinski definition) is 5. The Kier molecular flexibility index (Phi) is 3.83. The van der Waals surface area contributed by atoms with Gasteiger partial charge in [0.2, 0.25) is 0 Å². The van der Waals surface area contributed by atoms with Crippen LogP contribution in [0.3, 0.4) is 0 Å². The fourth-order valence-corrected chi connectivity index (χ4v) is 1.54. The van der Waals surface area contributed by atoms with Crippen LogP contribution < -0.4 is 11.1 Å². The van der Waals surface area contributed by atoms with Gasteiger partial charge in [0.05, 0.1) is 25.1 Å². The van der Waals surface area contributed by atoms with Gasteiger partial charge in [-0.15, -0.1) is 0 Å². The van der Waals surface area contributed by atoms with Crippen LogP contribution in [0.4, 0.5) is 5.82 Å². The van der Waals surface area contributed by atoms with Gasteiger partial charge in [-0.05, 0) is 12.5 Å². The number of hydrogen-bond donors (Lipinski definition) is 2. The molecule has 0 radical (unpaired) electrons. The third-order valence-corrected chi connectivity index (χ3v) is 2.52. The van der Waals surface area contributed by atoms with Crippen molar-refractivity contribution in [2.24, 2.45) is 5.73 Å². The van der Waals surface area contributed by atoms with E-state index in [4.69, 9.17) is 18.0 Å². The third kappa shape index (κ3) is 3.24. The van der Waals surface area contributed by atoms with Gasteiger partial charge in [0.1, 0.15) is 16.5 Å². The first kappa shape index (κ1) is 12.4. The molecule has 7 heteroatoms. The Morgan fingerprint density at radius 2 is 2.22 bits per heavy atom. The SMILES string of the molecule is Cc1cnn(CCNc2cnc(C(N)=S)cn2)c1. The zero-order valence-corrected chi connectivity index (χ0v) is 10.8. The molecule has 0 bridgehead atoms. The van der Waals surface area contributed by atoms with Gasteiger partial charge in [-0.3, -0.25) is 4.68 Å². The van der Waals surface area contributed by atoms with Gasteiger partial charge in [0, 0.05) is 12.7 Å². The summed E-state index contributed by atoms with van der Waals surface area (Å²) in [6.07, 6.45) is 6.99. The van der Waals surface area contributed by atoms with Gasteiger partial charge in [0.25, 0.3) is 0 Å². The van der Waals surface area contributed by atoms with E-state index in [-0.39, 0.29) is 4.99 Å². The van der Waals surface area contributed by atoms with Crippen LogP contribution in [-0.4, -0.2) is 31.3 Å². The number of thiocarbonyl (C=S) groups is 1. The highest BCUT2D eigenvalue weighted by Crippen LogP contribution is 2.01. The van der Waals surface area contributed by atoms with Gasteiger partial charge < -0.3 is 11.1 Å². The van der Waals surface area contributed by atoms with Gasteiger partial charge in [-0.1, -0.05) is 12.2 Å². The molecule has 2 aromatic heterocycles. The average Bonchev–Trinajstić information content (AvgIpc) is 2.76. The molecule has 3 N–H and O–H groups in total. The first-order valence-electron chi connectivity index (χ1n) is 5.50. The van der Waals surface area contributed by atoms with E-state index in [2.05, 4.69) is 20.4 Å². The Morgan fingerprint density at radius 1 is 1.39 bits per heavy atom. The van der Waals surface area contributed by atoms with Crippen molar-refractivity contribution in [3.05, 3.63) is 36.0 Å². The van der Waals surface area contributed by atoms with Gasteiger partial charge in [0.15, 0.2) is 0 Å². The van der Waals surface area contributed by atoms with Crippen molar-refractivity contribution in [3.8, 4) is 0 Å². The molecule has 94 valence electrons. The lowest BCUT2D eigenvalue weighted by Gasteiger charge is -2.05. The highest BCUT2D eigenvalue weighted by molar-refractivity contribution is 7.80. The summed E-state index contributed by atoms with van der Waals surface area (Å²) in [5.41, 5.74) is 7.11. The molecule has 2 rings (SSSR count). The lowest BCUT2D eigenvalue weighted by atomic mass is 10.4. The molecule has 6 nitrogen and oxygen atoms in total. The van der Waals surface area contributed by atoms with E-state index in [1.165, 1.54) is 0 Å². The predicted molar refractivity (Wildman–Crippen MR) is 73.4 cm³/mol. The fraction of sp³-hybridized carbons (Fsp3) is 0.273. The minimum absolute atomic E-state index is 0.251. The van der Waals surface area contributed by atoms with Crippen molar-refractivity contribution >= 4 is 23.0 Å². The summed E-state index contributed by atoms with van der Waals surface area (Å²) in [6, 6.07) is 0. The molecule has 18 heavy (non-hydrogen) atoms.